The summed E-state index contributed by atoms with van der Waals surface area (Å²) in [5.74, 6) is 0.933. The minimum atomic E-state index is 0.243. The first-order chi connectivity index (χ1) is 8.24. The number of fused-ring (bicyclic) bond motifs is 1. The molecular formula is C11H18N4OS. The van der Waals surface area contributed by atoms with Crippen molar-refractivity contribution in [3.8, 4) is 0 Å². The smallest absolute Gasteiger partial charge is 0.195 e. The van der Waals surface area contributed by atoms with E-state index in [-0.39, 0.29) is 6.10 Å². The van der Waals surface area contributed by atoms with E-state index in [1.807, 2.05) is 11.5 Å². The summed E-state index contributed by atoms with van der Waals surface area (Å²) in [4.78, 5) is 2.55. The van der Waals surface area contributed by atoms with Gasteiger partial charge in [0, 0.05) is 12.6 Å². The highest BCUT2D eigenvalue weighted by atomic mass is 32.1. The van der Waals surface area contributed by atoms with Crippen LogP contribution in [0.4, 0.5) is 0 Å². The van der Waals surface area contributed by atoms with Crippen molar-refractivity contribution in [3.05, 3.63) is 10.6 Å². The van der Waals surface area contributed by atoms with E-state index < -0.39 is 0 Å². The summed E-state index contributed by atoms with van der Waals surface area (Å²) in [5.41, 5.74) is 0. The fourth-order valence-corrected chi connectivity index (χ4v) is 3.06. The van der Waals surface area contributed by atoms with Gasteiger partial charge < -0.3 is 9.30 Å². The summed E-state index contributed by atoms with van der Waals surface area (Å²) >= 11 is 5.21. The van der Waals surface area contributed by atoms with Crippen LogP contribution < -0.4 is 0 Å². The molecule has 1 aromatic rings. The Kier molecular flexibility index (Phi) is 3.02. The van der Waals surface area contributed by atoms with E-state index in [1.165, 1.54) is 19.4 Å². The van der Waals surface area contributed by atoms with Gasteiger partial charge in [-0.05, 0) is 38.5 Å². The molecule has 0 spiro atoms. The van der Waals surface area contributed by atoms with E-state index in [0.717, 1.165) is 25.5 Å². The second-order valence-corrected chi connectivity index (χ2v) is 5.32. The minimum absolute atomic E-state index is 0.243. The Morgan fingerprint density at radius 2 is 2.47 bits per heavy atom. The van der Waals surface area contributed by atoms with Crippen molar-refractivity contribution in [3.63, 3.8) is 0 Å². The molecular weight excluding hydrogens is 236 g/mol. The molecule has 6 heteroatoms. The van der Waals surface area contributed by atoms with Crippen LogP contribution in [0.3, 0.4) is 0 Å². The molecule has 2 aliphatic heterocycles. The number of aromatic nitrogens is 3. The van der Waals surface area contributed by atoms with Gasteiger partial charge in [-0.1, -0.05) is 0 Å². The summed E-state index contributed by atoms with van der Waals surface area (Å²) < 4.78 is 8.64. The maximum Gasteiger partial charge on any atom is 0.195 e. The normalized spacial score (nSPS) is 29.5. The maximum absolute atomic E-state index is 5.92. The molecule has 5 nitrogen and oxygen atoms in total. The predicted molar refractivity (Wildman–Crippen MR) is 66.5 cm³/mol. The van der Waals surface area contributed by atoms with E-state index in [9.17, 15) is 0 Å². The van der Waals surface area contributed by atoms with Gasteiger partial charge in [-0.25, -0.2) is 0 Å². The summed E-state index contributed by atoms with van der Waals surface area (Å²) in [7, 11) is 0. The molecule has 2 saturated heterocycles. The van der Waals surface area contributed by atoms with Gasteiger partial charge in [-0.2, -0.15) is 5.10 Å². The second kappa shape index (κ2) is 4.51. The minimum Gasteiger partial charge on any atom is -0.373 e. The van der Waals surface area contributed by atoms with E-state index in [2.05, 4.69) is 15.1 Å². The van der Waals surface area contributed by atoms with Crippen LogP contribution in [0, 0.1) is 11.7 Å². The number of morpholine rings is 1. The fourth-order valence-electron chi connectivity index (χ4n) is 2.81. The Morgan fingerprint density at radius 1 is 1.59 bits per heavy atom. The number of hydrogen-bond donors (Lipinski definition) is 1. The van der Waals surface area contributed by atoms with Crippen LogP contribution in [0.5, 0.6) is 0 Å². The van der Waals surface area contributed by atoms with Crippen molar-refractivity contribution in [2.24, 2.45) is 0 Å². The van der Waals surface area contributed by atoms with E-state index >= 15 is 0 Å². The van der Waals surface area contributed by atoms with Crippen molar-refractivity contribution >= 4 is 12.2 Å². The molecule has 2 aliphatic rings. The number of nitrogens with zero attached hydrogens (tertiary/aromatic N) is 3. The van der Waals surface area contributed by atoms with Crippen molar-refractivity contribution < 1.29 is 4.74 Å². The molecule has 3 heterocycles. The number of nitrogens with one attached hydrogen (secondary N) is 1. The average molecular weight is 254 g/mol. The van der Waals surface area contributed by atoms with Crippen LogP contribution in [-0.2, 0) is 11.3 Å². The summed E-state index contributed by atoms with van der Waals surface area (Å²) in [5, 5.41) is 6.94. The quantitative estimate of drug-likeness (QED) is 0.803. The molecule has 0 aromatic carbocycles. The Hall–Kier alpha value is -0.720. The van der Waals surface area contributed by atoms with E-state index in [4.69, 9.17) is 17.0 Å². The molecule has 0 bridgehead atoms. The number of rotatable bonds is 2. The zero-order valence-electron chi connectivity index (χ0n) is 10.1. The summed E-state index contributed by atoms with van der Waals surface area (Å²) in [6, 6.07) is 0.657. The number of H-pyrrole nitrogens is 1. The third-order valence-corrected chi connectivity index (χ3v) is 4.11. The van der Waals surface area contributed by atoms with Gasteiger partial charge in [0.05, 0.1) is 19.3 Å². The Morgan fingerprint density at radius 3 is 3.24 bits per heavy atom. The number of ether oxygens (including phenoxy) is 1. The molecule has 17 heavy (non-hydrogen) atoms. The van der Waals surface area contributed by atoms with E-state index in [1.54, 1.807) is 0 Å². The zero-order valence-corrected chi connectivity index (χ0v) is 10.9. The first-order valence-corrected chi connectivity index (χ1v) is 6.62. The predicted octanol–water partition coefficient (Wildman–Crippen LogP) is 1.11. The van der Waals surface area contributed by atoms with Crippen LogP contribution >= 0.6 is 12.2 Å². The highest BCUT2D eigenvalue weighted by molar-refractivity contribution is 7.71. The highest BCUT2D eigenvalue weighted by Gasteiger charge is 2.32. The van der Waals surface area contributed by atoms with Crippen LogP contribution in [0.15, 0.2) is 0 Å². The molecule has 2 atom stereocenters. The Balaban J connectivity index is 1.68. The Labute approximate surface area is 106 Å². The SMILES string of the molecule is Cc1n[nH]c(=S)n1CC1CN2CCCC2CO1. The van der Waals surface area contributed by atoms with E-state index in [0.29, 0.717) is 10.8 Å². The topological polar surface area (TPSA) is 46.1 Å². The third kappa shape index (κ3) is 2.17. The number of aryl methyl sites for hydroxylation is 1. The van der Waals surface area contributed by atoms with Gasteiger partial charge in [0.2, 0.25) is 0 Å². The summed E-state index contributed by atoms with van der Waals surface area (Å²) in [6.45, 7) is 5.89. The third-order valence-electron chi connectivity index (χ3n) is 3.80. The first kappa shape index (κ1) is 11.4. The summed E-state index contributed by atoms with van der Waals surface area (Å²) in [6.07, 6.45) is 2.84. The van der Waals surface area contributed by atoms with Gasteiger partial charge in [0.1, 0.15) is 5.82 Å². The van der Waals surface area contributed by atoms with Crippen LogP contribution in [0.2, 0.25) is 0 Å². The highest BCUT2D eigenvalue weighted by Crippen LogP contribution is 2.23. The van der Waals surface area contributed by atoms with Gasteiger partial charge >= 0.3 is 0 Å². The van der Waals surface area contributed by atoms with Gasteiger partial charge in [0.25, 0.3) is 0 Å². The molecule has 2 unspecified atom stereocenters. The van der Waals surface area contributed by atoms with Gasteiger partial charge in [-0.3, -0.25) is 10.00 Å². The molecule has 0 aliphatic carbocycles. The van der Waals surface area contributed by atoms with Gasteiger partial charge in [0.15, 0.2) is 4.77 Å². The number of aromatic amines is 1. The molecule has 2 fully saturated rings. The monoisotopic (exact) mass is 254 g/mol. The first-order valence-electron chi connectivity index (χ1n) is 6.21. The number of hydrogen-bond acceptors (Lipinski definition) is 4. The van der Waals surface area contributed by atoms with Crippen molar-refractivity contribution in [1.29, 1.82) is 0 Å². The fraction of sp³-hybridized carbons (Fsp3) is 0.818. The second-order valence-electron chi connectivity index (χ2n) is 4.93. The lowest BCUT2D eigenvalue weighted by atomic mass is 10.2. The van der Waals surface area contributed by atoms with Crippen molar-refractivity contribution in [2.45, 2.75) is 38.5 Å². The standard InChI is InChI=1S/C11H18N4OS/c1-8-12-13-11(17)15(8)6-10-5-14-4-2-3-9(14)7-16-10/h9-10H,2-7H2,1H3,(H,13,17). The van der Waals surface area contributed by atoms with Crippen LogP contribution in [0.1, 0.15) is 18.7 Å². The Bertz CT molecular complexity index is 455. The lowest BCUT2D eigenvalue weighted by molar-refractivity contribution is -0.0555. The molecule has 0 saturated carbocycles. The largest absolute Gasteiger partial charge is 0.373 e. The maximum atomic E-state index is 5.92. The molecule has 1 N–H and O–H groups in total. The average Bonchev–Trinajstić information content (AvgIpc) is 2.90. The zero-order chi connectivity index (χ0) is 11.8. The van der Waals surface area contributed by atoms with Crippen LogP contribution in [-0.4, -0.2) is 51.5 Å². The molecule has 94 valence electrons. The molecule has 0 radical (unpaired) electrons. The lowest BCUT2D eigenvalue weighted by Gasteiger charge is -2.35. The lowest BCUT2D eigenvalue weighted by Crippen LogP contribution is -2.47. The molecule has 0 amide bonds. The van der Waals surface area contributed by atoms with Crippen molar-refractivity contribution in [1.82, 2.24) is 19.7 Å². The molecule has 1 aromatic heterocycles. The van der Waals surface area contributed by atoms with Gasteiger partial charge in [-0.15, -0.1) is 0 Å². The van der Waals surface area contributed by atoms with Crippen molar-refractivity contribution in [2.75, 3.05) is 19.7 Å². The molecule has 3 rings (SSSR count). The van der Waals surface area contributed by atoms with Crippen LogP contribution in [0.25, 0.3) is 0 Å².